The number of hydrogen-bond donors (Lipinski definition) is 1. The summed E-state index contributed by atoms with van der Waals surface area (Å²) < 4.78 is 7.93. The third-order valence-corrected chi connectivity index (χ3v) is 7.09. The van der Waals surface area contributed by atoms with Crippen LogP contribution in [0.2, 0.25) is 0 Å². The zero-order chi connectivity index (χ0) is 28.5. The van der Waals surface area contributed by atoms with Gasteiger partial charge in [-0.3, -0.25) is 9.59 Å². The third-order valence-electron chi connectivity index (χ3n) is 7.09. The molecule has 0 saturated heterocycles. The Kier molecular flexibility index (Phi) is 9.73. The van der Waals surface area contributed by atoms with E-state index in [1.54, 1.807) is 37.3 Å². The number of fused-ring (bicyclic) bond motifs is 1. The molecular formula is C33H36N2O5. The van der Waals surface area contributed by atoms with Gasteiger partial charge in [-0.15, -0.1) is 0 Å². The summed E-state index contributed by atoms with van der Waals surface area (Å²) in [5.74, 6) is -0.840. The van der Waals surface area contributed by atoms with Crippen LogP contribution in [0.25, 0.3) is 10.9 Å². The van der Waals surface area contributed by atoms with E-state index in [9.17, 15) is 14.4 Å². The Bertz CT molecular complexity index is 1460. The summed E-state index contributed by atoms with van der Waals surface area (Å²) in [6.07, 6.45) is 4.36. The van der Waals surface area contributed by atoms with Crippen molar-refractivity contribution in [2.45, 2.75) is 58.9 Å². The van der Waals surface area contributed by atoms with E-state index in [2.05, 4.69) is 16.7 Å². The van der Waals surface area contributed by atoms with Gasteiger partial charge >= 0.3 is 11.9 Å². The number of esters is 1. The molecule has 1 amide bonds. The number of carbonyl (C=O) groups excluding carboxylic acids is 2. The molecule has 0 unspecified atom stereocenters. The third kappa shape index (κ3) is 7.17. The molecule has 3 aromatic carbocycles. The van der Waals surface area contributed by atoms with Gasteiger partial charge in [0.2, 0.25) is 5.91 Å². The molecule has 0 bridgehead atoms. The number of aliphatic carboxylic acids is 1. The molecule has 4 rings (SSSR count). The molecule has 7 nitrogen and oxygen atoms in total. The maximum absolute atomic E-state index is 13.0. The second-order valence-electron chi connectivity index (χ2n) is 10.0. The summed E-state index contributed by atoms with van der Waals surface area (Å²) in [7, 11) is 0. The van der Waals surface area contributed by atoms with Crippen LogP contribution in [-0.2, 0) is 16.1 Å². The number of carboxylic acid groups (broad SMARTS) is 1. The Morgan fingerprint density at radius 3 is 2.17 bits per heavy atom. The summed E-state index contributed by atoms with van der Waals surface area (Å²) in [5, 5.41) is 9.69. The summed E-state index contributed by atoms with van der Waals surface area (Å²) in [6, 6.07) is 24.6. The molecule has 0 aliphatic heterocycles. The van der Waals surface area contributed by atoms with Crippen molar-refractivity contribution in [1.82, 2.24) is 4.57 Å². The van der Waals surface area contributed by atoms with Crippen molar-refractivity contribution in [3.8, 4) is 5.75 Å². The van der Waals surface area contributed by atoms with Crippen LogP contribution in [0.5, 0.6) is 5.75 Å². The number of hydrogen-bond acceptors (Lipinski definition) is 4. The quantitative estimate of drug-likeness (QED) is 0.112. The Labute approximate surface area is 235 Å². The number of anilines is 1. The van der Waals surface area contributed by atoms with Crippen molar-refractivity contribution in [2.24, 2.45) is 0 Å². The number of aromatic nitrogens is 1. The number of carboxylic acids is 1. The van der Waals surface area contributed by atoms with Crippen LogP contribution in [0.4, 0.5) is 5.69 Å². The lowest BCUT2D eigenvalue weighted by molar-refractivity contribution is -0.137. The number of carbonyl (C=O) groups is 3. The van der Waals surface area contributed by atoms with Gasteiger partial charge in [0.1, 0.15) is 5.75 Å². The first-order valence-corrected chi connectivity index (χ1v) is 13.8. The lowest BCUT2D eigenvalue weighted by Gasteiger charge is -2.22. The summed E-state index contributed by atoms with van der Waals surface area (Å²) >= 11 is 0. The van der Waals surface area contributed by atoms with Crippen LogP contribution >= 0.6 is 0 Å². The van der Waals surface area contributed by atoms with E-state index < -0.39 is 11.9 Å². The molecule has 1 heterocycles. The van der Waals surface area contributed by atoms with Crippen molar-refractivity contribution in [1.29, 1.82) is 0 Å². The smallest absolute Gasteiger partial charge is 0.343 e. The zero-order valence-corrected chi connectivity index (χ0v) is 23.1. The van der Waals surface area contributed by atoms with E-state index >= 15 is 0 Å². The predicted octanol–water partition coefficient (Wildman–Crippen LogP) is 7.00. The van der Waals surface area contributed by atoms with Crippen molar-refractivity contribution >= 4 is 34.4 Å². The lowest BCUT2D eigenvalue weighted by Crippen LogP contribution is -2.30. The van der Waals surface area contributed by atoms with E-state index in [4.69, 9.17) is 9.84 Å². The van der Waals surface area contributed by atoms with Crippen molar-refractivity contribution in [3.63, 3.8) is 0 Å². The standard InChI is InChI=1S/C33H36N2O5/c1-24-32(34(25(2)36)21-13-5-3-4-12-18-31(37)38)29-22-28(40-33(39)27-16-10-7-11-17-27)19-20-30(29)35(24)23-26-14-8-6-9-15-26/h6-11,14-17,19-20,22H,3-5,12-13,18,21,23H2,1-2H3,(H,37,38). The van der Waals surface area contributed by atoms with Gasteiger partial charge in [0.05, 0.1) is 16.8 Å². The first kappa shape index (κ1) is 28.6. The Hall–Kier alpha value is -4.39. The van der Waals surface area contributed by atoms with Crippen LogP contribution < -0.4 is 9.64 Å². The van der Waals surface area contributed by atoms with E-state index in [0.717, 1.165) is 53.5 Å². The first-order chi connectivity index (χ1) is 19.3. The number of unbranched alkanes of at least 4 members (excludes halogenated alkanes) is 4. The Morgan fingerprint density at radius 1 is 0.850 bits per heavy atom. The molecule has 0 saturated carbocycles. The highest BCUT2D eigenvalue weighted by molar-refractivity contribution is 6.05. The second kappa shape index (κ2) is 13.6. The van der Waals surface area contributed by atoms with Crippen molar-refractivity contribution in [2.75, 3.05) is 11.4 Å². The van der Waals surface area contributed by atoms with Crippen LogP contribution in [-0.4, -0.2) is 34.1 Å². The largest absolute Gasteiger partial charge is 0.481 e. The fourth-order valence-electron chi connectivity index (χ4n) is 5.06. The maximum atomic E-state index is 13.0. The first-order valence-electron chi connectivity index (χ1n) is 13.8. The number of rotatable bonds is 13. The Balaban J connectivity index is 1.64. The number of nitrogens with zero attached hydrogens (tertiary/aromatic N) is 2. The van der Waals surface area contributed by atoms with Gasteiger partial charge < -0.3 is 19.3 Å². The summed E-state index contributed by atoms with van der Waals surface area (Å²) in [6.45, 7) is 4.79. The van der Waals surface area contributed by atoms with Gasteiger partial charge in [0, 0.05) is 37.5 Å². The van der Waals surface area contributed by atoms with Crippen LogP contribution in [0, 0.1) is 6.92 Å². The molecule has 0 spiro atoms. The van der Waals surface area contributed by atoms with E-state index in [-0.39, 0.29) is 12.3 Å². The van der Waals surface area contributed by atoms with Crippen LogP contribution in [0.1, 0.15) is 67.1 Å². The van der Waals surface area contributed by atoms with Gasteiger partial charge in [-0.2, -0.15) is 0 Å². The minimum Gasteiger partial charge on any atom is -0.481 e. The average molecular weight is 541 g/mol. The van der Waals surface area contributed by atoms with Gasteiger partial charge in [-0.05, 0) is 55.7 Å². The lowest BCUT2D eigenvalue weighted by atomic mass is 10.1. The topological polar surface area (TPSA) is 88.8 Å². The average Bonchev–Trinajstić information content (AvgIpc) is 3.21. The molecule has 0 radical (unpaired) electrons. The normalized spacial score (nSPS) is 10.9. The second-order valence-corrected chi connectivity index (χ2v) is 10.0. The maximum Gasteiger partial charge on any atom is 0.343 e. The molecule has 0 atom stereocenters. The number of amides is 1. The van der Waals surface area contributed by atoms with Gasteiger partial charge in [0.25, 0.3) is 0 Å². The zero-order valence-electron chi connectivity index (χ0n) is 23.1. The monoisotopic (exact) mass is 540 g/mol. The van der Waals surface area contributed by atoms with Gasteiger partial charge in [0.15, 0.2) is 0 Å². The SMILES string of the molecule is CC(=O)N(CCCCCCCC(=O)O)c1c(C)n(Cc2ccccc2)c2ccc(OC(=O)c3ccccc3)cc12. The molecule has 0 fully saturated rings. The fraction of sp³-hybridized carbons (Fsp3) is 0.303. The summed E-state index contributed by atoms with van der Waals surface area (Å²) in [4.78, 5) is 38.3. The highest BCUT2D eigenvalue weighted by atomic mass is 16.5. The van der Waals surface area contributed by atoms with E-state index in [1.165, 1.54) is 0 Å². The van der Waals surface area contributed by atoms with Gasteiger partial charge in [-0.1, -0.05) is 67.8 Å². The Morgan fingerprint density at radius 2 is 1.50 bits per heavy atom. The van der Waals surface area contributed by atoms with Gasteiger partial charge in [-0.25, -0.2) is 4.79 Å². The molecular weight excluding hydrogens is 504 g/mol. The minimum absolute atomic E-state index is 0.0561. The minimum atomic E-state index is -0.765. The van der Waals surface area contributed by atoms with Crippen LogP contribution in [0.3, 0.4) is 0 Å². The molecule has 0 aliphatic carbocycles. The highest BCUT2D eigenvalue weighted by Gasteiger charge is 2.23. The predicted molar refractivity (Wildman–Crippen MR) is 157 cm³/mol. The van der Waals surface area contributed by atoms with Crippen LogP contribution in [0.15, 0.2) is 78.9 Å². The number of benzene rings is 3. The number of ether oxygens (including phenoxy) is 1. The van der Waals surface area contributed by atoms with Crippen molar-refractivity contribution in [3.05, 3.63) is 95.7 Å². The molecule has 4 aromatic rings. The highest BCUT2D eigenvalue weighted by Crippen LogP contribution is 2.37. The fourth-order valence-corrected chi connectivity index (χ4v) is 5.06. The molecule has 1 aromatic heterocycles. The van der Waals surface area contributed by atoms with Crippen molar-refractivity contribution < 1.29 is 24.2 Å². The molecule has 208 valence electrons. The summed E-state index contributed by atoms with van der Waals surface area (Å²) in [5.41, 5.74) is 4.35. The molecule has 1 N–H and O–H groups in total. The molecule has 7 heteroatoms. The van der Waals surface area contributed by atoms with E-state index in [0.29, 0.717) is 30.8 Å². The molecule has 40 heavy (non-hydrogen) atoms. The van der Waals surface area contributed by atoms with E-state index in [1.807, 2.05) is 48.2 Å². The molecule has 0 aliphatic rings.